The Labute approximate surface area is 173 Å². The molecule has 0 bridgehead atoms. The lowest BCUT2D eigenvalue weighted by Gasteiger charge is -2.14. The van der Waals surface area contributed by atoms with E-state index in [9.17, 15) is 14.4 Å². The normalized spacial score (nSPS) is 9.97. The standard InChI is InChI=1S/C21H23NO8/c1-26-16-11-15(12-17(27-2)19(16)28-3)20(24)22-13-18(23)29-9-10-30-21(25)14-7-5-4-6-8-14/h4-8,11-12H,9-10,13H2,1-3H3,(H,22,24). The molecule has 2 aromatic rings. The van der Waals surface area contributed by atoms with E-state index in [1.54, 1.807) is 30.3 Å². The van der Waals surface area contributed by atoms with Crippen molar-refractivity contribution in [1.82, 2.24) is 5.32 Å². The summed E-state index contributed by atoms with van der Waals surface area (Å²) >= 11 is 0. The molecule has 0 atom stereocenters. The van der Waals surface area contributed by atoms with Crippen molar-refractivity contribution in [3.05, 3.63) is 53.6 Å². The van der Waals surface area contributed by atoms with Gasteiger partial charge in [-0.1, -0.05) is 18.2 Å². The summed E-state index contributed by atoms with van der Waals surface area (Å²) in [6, 6.07) is 11.4. The molecule has 2 rings (SSSR count). The van der Waals surface area contributed by atoms with Crippen molar-refractivity contribution >= 4 is 17.8 Å². The molecular weight excluding hydrogens is 394 g/mol. The van der Waals surface area contributed by atoms with Gasteiger partial charge >= 0.3 is 11.9 Å². The van der Waals surface area contributed by atoms with E-state index in [2.05, 4.69) is 5.32 Å². The quantitative estimate of drug-likeness (QED) is 0.461. The number of carbonyl (C=O) groups is 3. The van der Waals surface area contributed by atoms with Crippen LogP contribution in [0.3, 0.4) is 0 Å². The first-order valence-electron chi connectivity index (χ1n) is 8.96. The summed E-state index contributed by atoms with van der Waals surface area (Å²) in [7, 11) is 4.31. The van der Waals surface area contributed by atoms with Gasteiger partial charge in [0.15, 0.2) is 11.5 Å². The van der Waals surface area contributed by atoms with Crippen LogP contribution in [0.4, 0.5) is 0 Å². The molecule has 0 unspecified atom stereocenters. The van der Waals surface area contributed by atoms with Gasteiger partial charge in [0.25, 0.3) is 5.91 Å². The van der Waals surface area contributed by atoms with Gasteiger partial charge in [-0.15, -0.1) is 0 Å². The Hall–Kier alpha value is -3.75. The molecule has 0 aromatic heterocycles. The van der Waals surface area contributed by atoms with Crippen LogP contribution in [0.1, 0.15) is 20.7 Å². The first kappa shape index (κ1) is 22.5. The van der Waals surface area contributed by atoms with E-state index in [0.29, 0.717) is 22.8 Å². The van der Waals surface area contributed by atoms with Crippen LogP contribution in [0.25, 0.3) is 0 Å². The molecule has 0 spiro atoms. The van der Waals surface area contributed by atoms with E-state index >= 15 is 0 Å². The van der Waals surface area contributed by atoms with Crippen molar-refractivity contribution < 1.29 is 38.1 Å². The average Bonchev–Trinajstić information content (AvgIpc) is 2.79. The number of benzene rings is 2. The van der Waals surface area contributed by atoms with Crippen LogP contribution >= 0.6 is 0 Å². The van der Waals surface area contributed by atoms with E-state index in [-0.39, 0.29) is 25.3 Å². The first-order valence-corrected chi connectivity index (χ1v) is 8.96. The van der Waals surface area contributed by atoms with Crippen LogP contribution in [-0.2, 0) is 14.3 Å². The van der Waals surface area contributed by atoms with Crippen LogP contribution in [0, 0.1) is 0 Å². The van der Waals surface area contributed by atoms with Crippen molar-refractivity contribution in [3.8, 4) is 17.2 Å². The molecule has 0 aliphatic carbocycles. The van der Waals surface area contributed by atoms with Gasteiger partial charge in [0.1, 0.15) is 19.8 Å². The fraction of sp³-hybridized carbons (Fsp3) is 0.286. The molecule has 9 nitrogen and oxygen atoms in total. The molecule has 0 aliphatic heterocycles. The summed E-state index contributed by atoms with van der Waals surface area (Å²) in [6.07, 6.45) is 0. The zero-order valence-corrected chi connectivity index (χ0v) is 16.9. The number of esters is 2. The number of hydrogen-bond donors (Lipinski definition) is 1. The molecule has 0 saturated carbocycles. The Kier molecular flexibility index (Phi) is 8.49. The van der Waals surface area contributed by atoms with E-state index in [0.717, 1.165) is 0 Å². The number of ether oxygens (including phenoxy) is 5. The summed E-state index contributed by atoms with van der Waals surface area (Å²) in [5.41, 5.74) is 0.621. The topological polar surface area (TPSA) is 109 Å². The molecule has 9 heteroatoms. The van der Waals surface area contributed by atoms with Crippen LogP contribution in [0.15, 0.2) is 42.5 Å². The van der Waals surface area contributed by atoms with Gasteiger partial charge in [-0.3, -0.25) is 9.59 Å². The van der Waals surface area contributed by atoms with Crippen molar-refractivity contribution in [2.24, 2.45) is 0 Å². The first-order chi connectivity index (χ1) is 14.5. The Morgan fingerprint density at radius 2 is 1.40 bits per heavy atom. The van der Waals surface area contributed by atoms with Crippen molar-refractivity contribution in [2.75, 3.05) is 41.1 Å². The minimum Gasteiger partial charge on any atom is -0.493 e. The third-order valence-electron chi connectivity index (χ3n) is 3.91. The smallest absolute Gasteiger partial charge is 0.338 e. The highest BCUT2D eigenvalue weighted by Crippen LogP contribution is 2.38. The molecule has 1 N–H and O–H groups in total. The Bertz CT molecular complexity index is 857. The second-order valence-electron chi connectivity index (χ2n) is 5.82. The Morgan fingerprint density at radius 3 is 1.97 bits per heavy atom. The molecule has 30 heavy (non-hydrogen) atoms. The van der Waals surface area contributed by atoms with Crippen molar-refractivity contribution in [1.29, 1.82) is 0 Å². The van der Waals surface area contributed by atoms with Gasteiger partial charge in [-0.05, 0) is 24.3 Å². The molecule has 160 valence electrons. The van der Waals surface area contributed by atoms with E-state index in [4.69, 9.17) is 23.7 Å². The van der Waals surface area contributed by atoms with Gasteiger partial charge in [0, 0.05) is 5.56 Å². The molecular formula is C21H23NO8. The molecule has 0 radical (unpaired) electrons. The van der Waals surface area contributed by atoms with Gasteiger partial charge in [0.2, 0.25) is 5.75 Å². The van der Waals surface area contributed by atoms with Crippen LogP contribution in [0.5, 0.6) is 17.2 Å². The van der Waals surface area contributed by atoms with Gasteiger partial charge in [-0.25, -0.2) is 4.79 Å². The summed E-state index contributed by atoms with van der Waals surface area (Å²) in [5.74, 6) is -0.744. The summed E-state index contributed by atoms with van der Waals surface area (Å²) in [5, 5.41) is 2.44. The van der Waals surface area contributed by atoms with E-state index in [1.807, 2.05) is 0 Å². The molecule has 0 aliphatic rings. The molecule has 1 amide bonds. The van der Waals surface area contributed by atoms with Crippen molar-refractivity contribution in [3.63, 3.8) is 0 Å². The number of rotatable bonds is 10. The summed E-state index contributed by atoms with van der Waals surface area (Å²) in [4.78, 5) is 35.9. The fourth-order valence-electron chi connectivity index (χ4n) is 2.47. The number of amides is 1. The van der Waals surface area contributed by atoms with Crippen LogP contribution in [0.2, 0.25) is 0 Å². The zero-order chi connectivity index (χ0) is 21.9. The minimum atomic E-state index is -0.674. The molecule has 0 saturated heterocycles. The Balaban J connectivity index is 1.79. The number of carbonyl (C=O) groups excluding carboxylic acids is 3. The lowest BCUT2D eigenvalue weighted by molar-refractivity contribution is -0.143. The predicted molar refractivity (Wildman–Crippen MR) is 106 cm³/mol. The highest BCUT2D eigenvalue weighted by atomic mass is 16.6. The van der Waals surface area contributed by atoms with Crippen LogP contribution < -0.4 is 19.5 Å². The van der Waals surface area contributed by atoms with Crippen molar-refractivity contribution in [2.45, 2.75) is 0 Å². The highest BCUT2D eigenvalue weighted by Gasteiger charge is 2.17. The van der Waals surface area contributed by atoms with Gasteiger partial charge in [-0.2, -0.15) is 0 Å². The average molecular weight is 417 g/mol. The molecule has 0 heterocycles. The minimum absolute atomic E-state index is 0.0969. The largest absolute Gasteiger partial charge is 0.493 e. The highest BCUT2D eigenvalue weighted by molar-refractivity contribution is 5.97. The third kappa shape index (κ3) is 6.13. The number of hydrogen-bond acceptors (Lipinski definition) is 8. The number of nitrogens with one attached hydrogen (secondary N) is 1. The maximum Gasteiger partial charge on any atom is 0.338 e. The van der Waals surface area contributed by atoms with Gasteiger partial charge in [0.05, 0.1) is 26.9 Å². The maximum atomic E-state index is 12.3. The summed E-state index contributed by atoms with van der Waals surface area (Å²) in [6.45, 7) is -0.583. The second kappa shape index (κ2) is 11.3. The maximum absolute atomic E-state index is 12.3. The molecule has 2 aromatic carbocycles. The van der Waals surface area contributed by atoms with E-state index < -0.39 is 17.8 Å². The molecule has 0 fully saturated rings. The summed E-state index contributed by atoms with van der Waals surface area (Å²) < 4.78 is 25.5. The predicted octanol–water partition coefficient (Wildman–Crippen LogP) is 1.84. The second-order valence-corrected chi connectivity index (χ2v) is 5.82. The van der Waals surface area contributed by atoms with Crippen LogP contribution in [-0.4, -0.2) is 58.9 Å². The Morgan fingerprint density at radius 1 is 0.800 bits per heavy atom. The SMILES string of the molecule is COc1cc(C(=O)NCC(=O)OCCOC(=O)c2ccccc2)cc(OC)c1OC. The lowest BCUT2D eigenvalue weighted by atomic mass is 10.1. The monoisotopic (exact) mass is 417 g/mol. The van der Waals surface area contributed by atoms with Gasteiger partial charge < -0.3 is 29.0 Å². The fourth-order valence-corrected chi connectivity index (χ4v) is 2.47. The third-order valence-corrected chi connectivity index (χ3v) is 3.91. The van der Waals surface area contributed by atoms with E-state index in [1.165, 1.54) is 33.5 Å². The number of methoxy groups -OCH3 is 3. The lowest BCUT2D eigenvalue weighted by Crippen LogP contribution is -2.31. The zero-order valence-electron chi connectivity index (χ0n) is 16.9.